The third kappa shape index (κ3) is 3.68. The second-order valence-electron chi connectivity index (χ2n) is 4.74. The van der Waals surface area contributed by atoms with E-state index < -0.39 is 0 Å². The van der Waals surface area contributed by atoms with Crippen molar-refractivity contribution in [3.8, 4) is 0 Å². The van der Waals surface area contributed by atoms with Gasteiger partial charge in [0.1, 0.15) is 0 Å². The standard InChI is InChI=1S/C13H18BrClN2O/c1-9(16)13-8-17(4-5-18-13)7-10-6-11(14)2-3-12(10)15/h2-3,6,9,13H,4-5,7-8,16H2,1H3. The topological polar surface area (TPSA) is 38.5 Å². The molecule has 0 saturated carbocycles. The van der Waals surface area contributed by atoms with E-state index in [0.29, 0.717) is 0 Å². The number of nitrogens with two attached hydrogens (primary N) is 1. The number of morpholine rings is 1. The van der Waals surface area contributed by atoms with Crippen LogP contribution in [0.2, 0.25) is 5.02 Å². The molecule has 3 nitrogen and oxygen atoms in total. The molecule has 0 aliphatic carbocycles. The van der Waals surface area contributed by atoms with Gasteiger partial charge in [-0.25, -0.2) is 0 Å². The molecule has 1 aliphatic rings. The van der Waals surface area contributed by atoms with Gasteiger partial charge in [-0.3, -0.25) is 4.90 Å². The molecule has 0 bridgehead atoms. The largest absolute Gasteiger partial charge is 0.374 e. The first-order valence-electron chi connectivity index (χ1n) is 6.09. The fourth-order valence-electron chi connectivity index (χ4n) is 2.10. The quantitative estimate of drug-likeness (QED) is 0.924. The van der Waals surface area contributed by atoms with Crippen LogP contribution in [0.4, 0.5) is 0 Å². The van der Waals surface area contributed by atoms with Gasteiger partial charge in [0.25, 0.3) is 0 Å². The molecule has 18 heavy (non-hydrogen) atoms. The van der Waals surface area contributed by atoms with Crippen molar-refractivity contribution in [1.29, 1.82) is 0 Å². The Morgan fingerprint density at radius 3 is 3.11 bits per heavy atom. The van der Waals surface area contributed by atoms with Crippen LogP contribution in [0.25, 0.3) is 0 Å². The summed E-state index contributed by atoms with van der Waals surface area (Å²) in [5.41, 5.74) is 7.03. The van der Waals surface area contributed by atoms with E-state index in [1.165, 1.54) is 0 Å². The van der Waals surface area contributed by atoms with Gasteiger partial charge < -0.3 is 10.5 Å². The minimum Gasteiger partial charge on any atom is -0.374 e. The molecule has 1 aliphatic heterocycles. The summed E-state index contributed by atoms with van der Waals surface area (Å²) in [6.07, 6.45) is 0.115. The van der Waals surface area contributed by atoms with Gasteiger partial charge in [-0.15, -0.1) is 0 Å². The second-order valence-corrected chi connectivity index (χ2v) is 6.06. The molecule has 0 amide bonds. The Labute approximate surface area is 121 Å². The van der Waals surface area contributed by atoms with Crippen molar-refractivity contribution in [2.45, 2.75) is 25.6 Å². The minimum absolute atomic E-state index is 0.0609. The van der Waals surface area contributed by atoms with E-state index in [1.807, 2.05) is 19.1 Å². The van der Waals surface area contributed by atoms with Gasteiger partial charge in [0, 0.05) is 35.2 Å². The number of rotatable bonds is 3. The molecule has 2 rings (SSSR count). The van der Waals surface area contributed by atoms with Crippen molar-refractivity contribution in [3.63, 3.8) is 0 Å². The molecular weight excluding hydrogens is 316 g/mol. The summed E-state index contributed by atoms with van der Waals surface area (Å²) in [6.45, 7) is 5.34. The molecule has 0 spiro atoms. The molecule has 1 aromatic carbocycles. The lowest BCUT2D eigenvalue weighted by atomic mass is 10.1. The van der Waals surface area contributed by atoms with E-state index in [0.717, 1.165) is 41.3 Å². The number of hydrogen-bond acceptors (Lipinski definition) is 3. The summed E-state index contributed by atoms with van der Waals surface area (Å²) in [4.78, 5) is 2.34. The van der Waals surface area contributed by atoms with Crippen molar-refractivity contribution < 1.29 is 4.74 Å². The molecular formula is C13H18BrClN2O. The van der Waals surface area contributed by atoms with Gasteiger partial charge in [-0.05, 0) is 30.7 Å². The van der Waals surface area contributed by atoms with E-state index in [1.54, 1.807) is 0 Å². The van der Waals surface area contributed by atoms with Crippen LogP contribution >= 0.6 is 27.5 Å². The van der Waals surface area contributed by atoms with Crippen molar-refractivity contribution in [2.75, 3.05) is 19.7 Å². The predicted molar refractivity (Wildman–Crippen MR) is 77.8 cm³/mol. The summed E-state index contributed by atoms with van der Waals surface area (Å²) in [5, 5.41) is 0.807. The molecule has 5 heteroatoms. The third-order valence-corrected chi connectivity index (χ3v) is 4.03. The average Bonchev–Trinajstić information content (AvgIpc) is 2.34. The highest BCUT2D eigenvalue weighted by atomic mass is 79.9. The normalized spacial score (nSPS) is 23.0. The van der Waals surface area contributed by atoms with Gasteiger partial charge in [0.2, 0.25) is 0 Å². The molecule has 2 N–H and O–H groups in total. The Bertz CT molecular complexity index is 414. The van der Waals surface area contributed by atoms with Crippen LogP contribution in [-0.2, 0) is 11.3 Å². The molecule has 1 saturated heterocycles. The lowest BCUT2D eigenvalue weighted by molar-refractivity contribution is -0.0403. The minimum atomic E-state index is 0.0609. The van der Waals surface area contributed by atoms with Gasteiger partial charge in [0.05, 0.1) is 12.7 Å². The van der Waals surface area contributed by atoms with E-state index in [4.69, 9.17) is 22.1 Å². The van der Waals surface area contributed by atoms with Gasteiger partial charge in [0.15, 0.2) is 0 Å². The maximum Gasteiger partial charge on any atom is 0.0850 e. The average molecular weight is 334 g/mol. The van der Waals surface area contributed by atoms with Crippen molar-refractivity contribution in [1.82, 2.24) is 4.90 Å². The van der Waals surface area contributed by atoms with Crippen LogP contribution in [0, 0.1) is 0 Å². The maximum absolute atomic E-state index is 6.21. The number of benzene rings is 1. The summed E-state index contributed by atoms with van der Waals surface area (Å²) in [6, 6.07) is 6.00. The van der Waals surface area contributed by atoms with Crippen molar-refractivity contribution in [2.24, 2.45) is 5.73 Å². The van der Waals surface area contributed by atoms with E-state index >= 15 is 0 Å². The number of hydrogen-bond donors (Lipinski definition) is 1. The van der Waals surface area contributed by atoms with Crippen LogP contribution in [0.3, 0.4) is 0 Å². The molecule has 1 heterocycles. The van der Waals surface area contributed by atoms with Crippen LogP contribution in [-0.4, -0.2) is 36.7 Å². The summed E-state index contributed by atoms with van der Waals surface area (Å²) in [5.74, 6) is 0. The first-order chi connectivity index (χ1) is 8.56. The van der Waals surface area contributed by atoms with Gasteiger partial charge in [-0.1, -0.05) is 27.5 Å². The first kappa shape index (κ1) is 14.3. The summed E-state index contributed by atoms with van der Waals surface area (Å²) in [7, 11) is 0. The first-order valence-corrected chi connectivity index (χ1v) is 7.27. The smallest absolute Gasteiger partial charge is 0.0850 e. The molecule has 100 valence electrons. The Morgan fingerprint density at radius 1 is 1.61 bits per heavy atom. The SMILES string of the molecule is CC(N)C1CN(Cc2cc(Br)ccc2Cl)CCO1. The van der Waals surface area contributed by atoms with E-state index in [9.17, 15) is 0 Å². The summed E-state index contributed by atoms with van der Waals surface area (Å²) < 4.78 is 6.71. The molecule has 1 fully saturated rings. The highest BCUT2D eigenvalue weighted by Gasteiger charge is 2.23. The monoisotopic (exact) mass is 332 g/mol. The Kier molecular flexibility index (Phi) is 5.04. The van der Waals surface area contributed by atoms with E-state index in [2.05, 4.69) is 26.9 Å². The molecule has 0 aromatic heterocycles. The van der Waals surface area contributed by atoms with E-state index in [-0.39, 0.29) is 12.1 Å². The Balaban J connectivity index is 2.02. The lowest BCUT2D eigenvalue weighted by Gasteiger charge is -2.34. The van der Waals surface area contributed by atoms with Crippen LogP contribution in [0.1, 0.15) is 12.5 Å². The predicted octanol–water partition coefficient (Wildman–Crippen LogP) is 2.65. The fraction of sp³-hybridized carbons (Fsp3) is 0.538. The van der Waals surface area contributed by atoms with Gasteiger partial charge in [-0.2, -0.15) is 0 Å². The highest BCUT2D eigenvalue weighted by Crippen LogP contribution is 2.23. The lowest BCUT2D eigenvalue weighted by Crippen LogP contribution is -2.49. The number of ether oxygens (including phenoxy) is 1. The van der Waals surface area contributed by atoms with Crippen molar-refractivity contribution >= 4 is 27.5 Å². The zero-order valence-electron chi connectivity index (χ0n) is 10.4. The molecule has 2 unspecified atom stereocenters. The highest BCUT2D eigenvalue weighted by molar-refractivity contribution is 9.10. The fourth-order valence-corrected chi connectivity index (χ4v) is 2.68. The summed E-state index contributed by atoms with van der Waals surface area (Å²) >= 11 is 9.69. The van der Waals surface area contributed by atoms with Crippen LogP contribution in [0.5, 0.6) is 0 Å². The second kappa shape index (κ2) is 6.35. The third-order valence-electron chi connectivity index (χ3n) is 3.17. The molecule has 2 atom stereocenters. The van der Waals surface area contributed by atoms with Crippen molar-refractivity contribution in [3.05, 3.63) is 33.3 Å². The van der Waals surface area contributed by atoms with Crippen LogP contribution in [0.15, 0.2) is 22.7 Å². The molecule has 0 radical (unpaired) electrons. The number of halogens is 2. The molecule has 1 aromatic rings. The van der Waals surface area contributed by atoms with Crippen LogP contribution < -0.4 is 5.73 Å². The number of nitrogens with zero attached hydrogens (tertiary/aromatic N) is 1. The zero-order valence-corrected chi connectivity index (χ0v) is 12.7. The Morgan fingerprint density at radius 2 is 2.39 bits per heavy atom. The Hall–Kier alpha value is -0.130. The van der Waals surface area contributed by atoms with Gasteiger partial charge >= 0.3 is 0 Å². The maximum atomic E-state index is 6.21. The zero-order chi connectivity index (χ0) is 13.1.